The highest BCUT2D eigenvalue weighted by molar-refractivity contribution is 7.91. The Bertz CT molecular complexity index is 1600. The molecule has 1 aliphatic heterocycles. The number of sulfonamides is 1. The molecule has 1 aromatic carbocycles. The number of hydrogen-bond donors (Lipinski definition) is 5. The molecular weight excluding hydrogens is 646 g/mol. The monoisotopic (exact) mass is 681 g/mol. The molecule has 20 heteroatoms. The zero-order valence-electron chi connectivity index (χ0n) is 24.7. The molecule has 6 N–H and O–H groups in total. The normalized spacial score (nSPS) is 16.9. The first kappa shape index (κ1) is 34.8. The van der Waals surface area contributed by atoms with E-state index in [0.717, 1.165) is 11.3 Å². The lowest BCUT2D eigenvalue weighted by Crippen LogP contribution is -2.49. The standard InChI is InChI=1S/C26H35N9O9S2/c27-46(43,44)26-30-35-13-20(29-25(35)45-26)18-1-3-19(4-2-18)28-21(36)14-31-5-7-32(15-22(37)38)9-11-34(17-24(41)42)12-10-33(8-6-31)16-23(39)40/h1-4,13H,5-12,14-17H2,(H,28,36)(H,37,38)(H,39,40)(H,41,42)(H2,27,43,44). The van der Waals surface area contributed by atoms with Gasteiger partial charge in [-0.15, -0.1) is 5.10 Å². The van der Waals surface area contributed by atoms with Gasteiger partial charge in [-0.25, -0.2) is 23.1 Å². The van der Waals surface area contributed by atoms with Gasteiger partial charge >= 0.3 is 17.9 Å². The number of nitrogens with two attached hydrogens (primary N) is 1. The SMILES string of the molecule is NS(=O)(=O)c1nn2cc(-c3ccc(NC(=O)CN4CCN(CC(=O)O)CCN(CC(=O)O)CCN(CC(=O)O)CC4)cc3)nc2s1. The topological polar surface area (TPSA) is 244 Å². The molecule has 0 aliphatic carbocycles. The Balaban J connectivity index is 1.41. The number of benzene rings is 1. The van der Waals surface area contributed by atoms with Gasteiger partial charge in [-0.3, -0.25) is 38.8 Å². The molecule has 0 spiro atoms. The molecule has 1 fully saturated rings. The molecule has 1 amide bonds. The zero-order chi connectivity index (χ0) is 33.4. The number of aliphatic carboxylic acids is 3. The Hall–Kier alpha value is -4.05. The van der Waals surface area contributed by atoms with Crippen LogP contribution in [0.25, 0.3) is 16.2 Å². The van der Waals surface area contributed by atoms with Gasteiger partial charge in [0, 0.05) is 63.6 Å². The maximum absolute atomic E-state index is 13.1. The summed E-state index contributed by atoms with van der Waals surface area (Å²) in [7, 11) is -3.94. The van der Waals surface area contributed by atoms with Crippen LogP contribution < -0.4 is 10.5 Å². The van der Waals surface area contributed by atoms with Crippen LogP contribution in [0.5, 0.6) is 0 Å². The Labute approximate surface area is 267 Å². The number of carbonyl (C=O) groups excluding carboxylic acids is 1. The molecule has 250 valence electrons. The molecule has 0 radical (unpaired) electrons. The second kappa shape index (κ2) is 15.5. The molecule has 0 saturated carbocycles. The number of nitrogens with zero attached hydrogens (tertiary/aromatic N) is 7. The van der Waals surface area contributed by atoms with Crippen LogP contribution >= 0.6 is 11.3 Å². The van der Waals surface area contributed by atoms with Crippen molar-refractivity contribution in [3.05, 3.63) is 30.5 Å². The molecule has 2 aromatic heterocycles. The Kier molecular flexibility index (Phi) is 11.7. The number of rotatable bonds is 11. The highest BCUT2D eigenvalue weighted by atomic mass is 32.2. The fourth-order valence-electron chi connectivity index (χ4n) is 4.85. The first-order valence-electron chi connectivity index (χ1n) is 14.1. The third-order valence-corrected chi connectivity index (χ3v) is 9.34. The van der Waals surface area contributed by atoms with Gasteiger partial charge < -0.3 is 20.6 Å². The number of fused-ring (bicyclic) bond motifs is 1. The number of anilines is 1. The molecule has 1 saturated heterocycles. The second-order valence-electron chi connectivity index (χ2n) is 10.7. The average molecular weight is 682 g/mol. The van der Waals surface area contributed by atoms with Crippen molar-refractivity contribution in [2.24, 2.45) is 5.14 Å². The number of carboxylic acid groups (broad SMARTS) is 3. The van der Waals surface area contributed by atoms with Crippen molar-refractivity contribution in [1.82, 2.24) is 34.2 Å². The number of aromatic nitrogens is 3. The Morgan fingerprint density at radius 3 is 1.59 bits per heavy atom. The van der Waals surface area contributed by atoms with E-state index in [4.69, 9.17) is 5.14 Å². The number of carboxylic acids is 3. The predicted molar refractivity (Wildman–Crippen MR) is 165 cm³/mol. The third-order valence-electron chi connectivity index (χ3n) is 7.11. The zero-order valence-corrected chi connectivity index (χ0v) is 26.3. The summed E-state index contributed by atoms with van der Waals surface area (Å²) in [5.41, 5.74) is 1.76. The summed E-state index contributed by atoms with van der Waals surface area (Å²) >= 11 is 0.842. The van der Waals surface area contributed by atoms with Crippen LogP contribution in [-0.4, -0.2) is 160 Å². The summed E-state index contributed by atoms with van der Waals surface area (Å²) in [6, 6.07) is 6.85. The predicted octanol–water partition coefficient (Wildman–Crippen LogP) is -1.48. The summed E-state index contributed by atoms with van der Waals surface area (Å²) in [5, 5.41) is 40.0. The molecule has 4 rings (SSSR count). The van der Waals surface area contributed by atoms with Gasteiger partial charge in [-0.2, -0.15) is 0 Å². The second-order valence-corrected chi connectivity index (χ2v) is 13.4. The third kappa shape index (κ3) is 10.5. The molecular formula is C26H35N9O9S2. The van der Waals surface area contributed by atoms with Gasteiger partial charge in [0.25, 0.3) is 10.0 Å². The fourth-order valence-corrected chi connectivity index (χ4v) is 6.35. The minimum absolute atomic E-state index is 0.0376. The van der Waals surface area contributed by atoms with Crippen LogP contribution in [0.3, 0.4) is 0 Å². The van der Waals surface area contributed by atoms with Gasteiger partial charge in [-0.05, 0) is 12.1 Å². The van der Waals surface area contributed by atoms with E-state index in [2.05, 4.69) is 15.4 Å². The van der Waals surface area contributed by atoms with E-state index in [1.165, 1.54) is 4.52 Å². The van der Waals surface area contributed by atoms with E-state index in [-0.39, 0.29) is 62.6 Å². The van der Waals surface area contributed by atoms with Crippen molar-refractivity contribution in [3.8, 4) is 11.3 Å². The smallest absolute Gasteiger partial charge is 0.317 e. The Morgan fingerprint density at radius 1 is 0.761 bits per heavy atom. The molecule has 46 heavy (non-hydrogen) atoms. The lowest BCUT2D eigenvalue weighted by atomic mass is 10.1. The summed E-state index contributed by atoms with van der Waals surface area (Å²) in [6.07, 6.45) is 1.57. The quantitative estimate of drug-likeness (QED) is 0.155. The van der Waals surface area contributed by atoms with E-state index in [1.54, 1.807) is 45.2 Å². The molecule has 0 bridgehead atoms. The minimum atomic E-state index is -3.94. The Morgan fingerprint density at radius 2 is 1.20 bits per heavy atom. The number of carbonyl (C=O) groups is 4. The van der Waals surface area contributed by atoms with Crippen molar-refractivity contribution in [3.63, 3.8) is 0 Å². The largest absolute Gasteiger partial charge is 0.480 e. The van der Waals surface area contributed by atoms with Crippen molar-refractivity contribution in [1.29, 1.82) is 0 Å². The number of imidazole rings is 1. The van der Waals surface area contributed by atoms with E-state index in [9.17, 15) is 42.9 Å². The first-order valence-corrected chi connectivity index (χ1v) is 16.5. The van der Waals surface area contributed by atoms with Gasteiger partial charge in [0.05, 0.1) is 38.1 Å². The summed E-state index contributed by atoms with van der Waals surface area (Å²) in [5.74, 6) is -3.42. The summed E-state index contributed by atoms with van der Waals surface area (Å²) in [4.78, 5) is 59.0. The van der Waals surface area contributed by atoms with E-state index in [0.29, 0.717) is 48.1 Å². The molecule has 1 aliphatic rings. The van der Waals surface area contributed by atoms with Crippen LogP contribution in [0.1, 0.15) is 0 Å². The molecule has 0 unspecified atom stereocenters. The van der Waals surface area contributed by atoms with Gasteiger partial charge in [-0.1, -0.05) is 23.5 Å². The number of amides is 1. The fraction of sp³-hybridized carbons (Fsp3) is 0.462. The summed E-state index contributed by atoms with van der Waals surface area (Å²) < 4.78 is 24.1. The maximum atomic E-state index is 13.1. The van der Waals surface area contributed by atoms with Crippen LogP contribution in [0.2, 0.25) is 0 Å². The lowest BCUT2D eigenvalue weighted by Gasteiger charge is -2.32. The first-order chi connectivity index (χ1) is 21.7. The highest BCUT2D eigenvalue weighted by Crippen LogP contribution is 2.25. The highest BCUT2D eigenvalue weighted by Gasteiger charge is 2.22. The van der Waals surface area contributed by atoms with Crippen molar-refractivity contribution < 1.29 is 42.9 Å². The average Bonchev–Trinajstić information content (AvgIpc) is 3.54. The number of primary sulfonamides is 1. The summed E-state index contributed by atoms with van der Waals surface area (Å²) in [6.45, 7) is 1.55. The van der Waals surface area contributed by atoms with Crippen molar-refractivity contribution >= 4 is 55.8 Å². The maximum Gasteiger partial charge on any atom is 0.317 e. The van der Waals surface area contributed by atoms with Crippen LogP contribution in [0.4, 0.5) is 5.69 Å². The van der Waals surface area contributed by atoms with E-state index in [1.807, 2.05) is 4.90 Å². The minimum Gasteiger partial charge on any atom is -0.480 e. The molecule has 3 aromatic rings. The van der Waals surface area contributed by atoms with E-state index >= 15 is 0 Å². The molecule has 3 heterocycles. The number of hydrogen-bond acceptors (Lipinski definition) is 13. The van der Waals surface area contributed by atoms with Crippen molar-refractivity contribution in [2.75, 3.05) is 83.9 Å². The van der Waals surface area contributed by atoms with E-state index < -0.39 is 27.9 Å². The number of nitrogens with one attached hydrogen (secondary N) is 1. The van der Waals surface area contributed by atoms with Gasteiger partial charge in [0.15, 0.2) is 0 Å². The van der Waals surface area contributed by atoms with Gasteiger partial charge in [0.2, 0.25) is 15.2 Å². The van der Waals surface area contributed by atoms with Gasteiger partial charge in [0.1, 0.15) is 0 Å². The molecule has 0 atom stereocenters. The van der Waals surface area contributed by atoms with Crippen LogP contribution in [0.15, 0.2) is 34.8 Å². The lowest BCUT2D eigenvalue weighted by molar-refractivity contribution is -0.140. The van der Waals surface area contributed by atoms with Crippen molar-refractivity contribution in [2.45, 2.75) is 4.34 Å². The van der Waals surface area contributed by atoms with Crippen LogP contribution in [0, 0.1) is 0 Å². The molecule has 18 nitrogen and oxygen atoms in total. The van der Waals surface area contributed by atoms with Crippen LogP contribution in [-0.2, 0) is 29.2 Å².